The number of hydrogen-bond donors (Lipinski definition) is 9. The highest BCUT2D eigenvalue weighted by Gasteiger charge is 2.51. The fraction of sp³-hybridized carbons (Fsp3) is 0.797. The van der Waals surface area contributed by atoms with Crippen molar-refractivity contribution in [2.24, 2.45) is 0 Å². The lowest BCUT2D eigenvalue weighted by molar-refractivity contribution is -0.359. The van der Waals surface area contributed by atoms with Crippen LogP contribution in [0.2, 0.25) is 0 Å². The topological polar surface area (TPSA) is 228 Å². The molecule has 2 saturated heterocycles. The summed E-state index contributed by atoms with van der Waals surface area (Å²) in [6.45, 7) is 2.68. The Morgan fingerprint density at radius 2 is 0.885 bits per heavy atom. The Hall–Kier alpha value is -2.57. The fourth-order valence-electron chi connectivity index (χ4n) is 9.95. The molecular formula is C64H113NO13. The van der Waals surface area contributed by atoms with Crippen LogP contribution in [0.15, 0.2) is 72.9 Å². The normalized spacial score (nSPS) is 25.1. The summed E-state index contributed by atoms with van der Waals surface area (Å²) >= 11 is 0. The number of carbonyl (C=O) groups excluding carboxylic acids is 1. The van der Waals surface area contributed by atoms with Gasteiger partial charge in [-0.05, 0) is 64.2 Å². The lowest BCUT2D eigenvalue weighted by Gasteiger charge is -2.46. The Balaban J connectivity index is 1.53. The highest BCUT2D eigenvalue weighted by Crippen LogP contribution is 2.30. The SMILES string of the molecule is CC/C=C\C/C=C\C/C=C\C/C=C\C/C=C\C/C=C\CCCCCCCCCCCCCCCCCCCCC(=O)NC(COC1OC(CO)C(OC2OC(CO)C(O)C(O)C2O)C(O)C1O)C(O)CCCCCCCCC. The molecule has 2 rings (SSSR count). The van der Waals surface area contributed by atoms with Gasteiger partial charge in [0, 0.05) is 6.42 Å². The highest BCUT2D eigenvalue weighted by molar-refractivity contribution is 5.76. The summed E-state index contributed by atoms with van der Waals surface area (Å²) in [5, 5.41) is 86.8. The Kier molecular flexibility index (Phi) is 45.0. The van der Waals surface area contributed by atoms with Crippen molar-refractivity contribution >= 4 is 5.91 Å². The van der Waals surface area contributed by atoms with Crippen LogP contribution in [0, 0.1) is 0 Å². The molecule has 2 aliphatic heterocycles. The third kappa shape index (κ3) is 34.0. The van der Waals surface area contributed by atoms with Gasteiger partial charge in [0.05, 0.1) is 32.0 Å². The van der Waals surface area contributed by atoms with Gasteiger partial charge in [-0.3, -0.25) is 4.79 Å². The average molecular weight is 1100 g/mol. The quantitative estimate of drug-likeness (QED) is 0.0204. The molecule has 0 bridgehead atoms. The lowest BCUT2D eigenvalue weighted by atomic mass is 9.97. The minimum atomic E-state index is -1.78. The van der Waals surface area contributed by atoms with Crippen molar-refractivity contribution < 1.29 is 64.6 Å². The van der Waals surface area contributed by atoms with Crippen molar-refractivity contribution in [3.63, 3.8) is 0 Å². The van der Waals surface area contributed by atoms with Gasteiger partial charge in [0.25, 0.3) is 0 Å². The van der Waals surface area contributed by atoms with Crippen molar-refractivity contribution in [2.45, 2.75) is 306 Å². The van der Waals surface area contributed by atoms with Crippen LogP contribution in [0.3, 0.4) is 0 Å². The molecule has 0 radical (unpaired) electrons. The third-order valence-electron chi connectivity index (χ3n) is 14.9. The number of allylic oxidation sites excluding steroid dienone is 12. The van der Waals surface area contributed by atoms with E-state index in [1.807, 2.05) is 0 Å². The maximum atomic E-state index is 13.2. The number of hydrogen-bond acceptors (Lipinski definition) is 13. The molecule has 0 aromatic rings. The van der Waals surface area contributed by atoms with Crippen molar-refractivity contribution in [3.05, 3.63) is 72.9 Å². The van der Waals surface area contributed by atoms with Crippen LogP contribution in [0.5, 0.6) is 0 Å². The molecular weight excluding hydrogens is 991 g/mol. The van der Waals surface area contributed by atoms with E-state index in [1.165, 1.54) is 109 Å². The van der Waals surface area contributed by atoms with Crippen molar-refractivity contribution in [3.8, 4) is 0 Å². The Morgan fingerprint density at radius 3 is 1.36 bits per heavy atom. The van der Waals surface area contributed by atoms with Crippen molar-refractivity contribution in [1.29, 1.82) is 0 Å². The van der Waals surface area contributed by atoms with Crippen molar-refractivity contribution in [1.82, 2.24) is 5.32 Å². The molecule has 0 aliphatic carbocycles. The zero-order chi connectivity index (χ0) is 56.7. The van der Waals surface area contributed by atoms with Gasteiger partial charge in [0.1, 0.15) is 48.8 Å². The number of rotatable bonds is 49. The number of carbonyl (C=O) groups is 1. The predicted octanol–water partition coefficient (Wildman–Crippen LogP) is 11.1. The molecule has 0 aromatic heterocycles. The fourth-order valence-corrected chi connectivity index (χ4v) is 9.95. The number of aliphatic hydroxyl groups excluding tert-OH is 8. The van der Waals surface area contributed by atoms with E-state index in [4.69, 9.17) is 18.9 Å². The van der Waals surface area contributed by atoms with Gasteiger partial charge in [-0.25, -0.2) is 0 Å². The molecule has 78 heavy (non-hydrogen) atoms. The maximum Gasteiger partial charge on any atom is 0.220 e. The Morgan fingerprint density at radius 1 is 0.474 bits per heavy atom. The summed E-state index contributed by atoms with van der Waals surface area (Å²) < 4.78 is 22.7. The summed E-state index contributed by atoms with van der Waals surface area (Å²) in [7, 11) is 0. The molecule has 0 saturated carbocycles. The molecule has 2 aliphatic rings. The molecule has 12 atom stereocenters. The van der Waals surface area contributed by atoms with Crippen LogP contribution < -0.4 is 5.32 Å². The van der Waals surface area contributed by atoms with E-state index < -0.39 is 86.8 Å². The molecule has 14 heteroatoms. The van der Waals surface area contributed by atoms with Crippen LogP contribution in [0.4, 0.5) is 0 Å². The number of ether oxygens (including phenoxy) is 4. The van der Waals surface area contributed by atoms with E-state index in [2.05, 4.69) is 92.1 Å². The number of unbranched alkanes of at least 4 members (excludes halogenated alkanes) is 24. The molecule has 1 amide bonds. The minimum Gasteiger partial charge on any atom is -0.394 e. The number of nitrogens with one attached hydrogen (secondary N) is 1. The first-order chi connectivity index (χ1) is 38.1. The molecule has 14 nitrogen and oxygen atoms in total. The van der Waals surface area contributed by atoms with Gasteiger partial charge in [0.2, 0.25) is 5.91 Å². The average Bonchev–Trinajstić information content (AvgIpc) is 3.47. The summed E-state index contributed by atoms with van der Waals surface area (Å²) in [5.41, 5.74) is 0. The third-order valence-corrected chi connectivity index (χ3v) is 14.9. The minimum absolute atomic E-state index is 0.211. The van der Waals surface area contributed by atoms with E-state index in [-0.39, 0.29) is 12.5 Å². The summed E-state index contributed by atoms with van der Waals surface area (Å²) in [4.78, 5) is 13.2. The van der Waals surface area contributed by atoms with Gasteiger partial charge in [-0.1, -0.05) is 234 Å². The zero-order valence-electron chi connectivity index (χ0n) is 48.6. The van der Waals surface area contributed by atoms with Crippen LogP contribution in [-0.2, 0) is 23.7 Å². The van der Waals surface area contributed by atoms with E-state index >= 15 is 0 Å². The van der Waals surface area contributed by atoms with Crippen LogP contribution in [0.1, 0.15) is 232 Å². The Bertz CT molecular complexity index is 1580. The Labute approximate surface area is 472 Å². The number of aliphatic hydroxyl groups is 8. The maximum absolute atomic E-state index is 13.2. The van der Waals surface area contributed by atoms with Crippen LogP contribution in [-0.4, -0.2) is 140 Å². The van der Waals surface area contributed by atoms with Gasteiger partial charge in [-0.15, -0.1) is 0 Å². The standard InChI is InChI=1S/C64H113NO13/c1-3-5-7-9-11-12-13-14-15-16-17-18-19-20-21-22-23-24-25-26-27-28-29-30-31-32-33-34-35-36-37-38-39-40-42-44-46-48-56(69)65-52(53(68)47-45-43-41-10-8-6-4-2)51-75-63-61(74)59(72)62(55(50-67)77-63)78-64-60(73)58(71)57(70)54(49-66)76-64/h5,7,11-12,14-15,17-18,20-21,23-24,52-55,57-64,66-68,70-74H,3-4,6,8-10,13,16,19,22,25-51H2,1-2H3,(H,65,69)/b7-5-,12-11-,15-14-,18-17-,21-20-,24-23-. The lowest BCUT2D eigenvalue weighted by Crippen LogP contribution is -2.65. The first-order valence-electron chi connectivity index (χ1n) is 31.2. The van der Waals surface area contributed by atoms with E-state index in [1.54, 1.807) is 0 Å². The molecule has 12 unspecified atom stereocenters. The zero-order valence-corrected chi connectivity index (χ0v) is 48.6. The van der Waals surface area contributed by atoms with Gasteiger partial charge in [-0.2, -0.15) is 0 Å². The van der Waals surface area contributed by atoms with Crippen LogP contribution in [0.25, 0.3) is 0 Å². The number of amides is 1. The van der Waals surface area contributed by atoms with Gasteiger partial charge >= 0.3 is 0 Å². The molecule has 2 heterocycles. The summed E-state index contributed by atoms with van der Waals surface area (Å²) in [5.74, 6) is -0.211. The molecule has 0 aromatic carbocycles. The molecule has 0 spiro atoms. The monoisotopic (exact) mass is 1100 g/mol. The second-order valence-corrected chi connectivity index (χ2v) is 21.8. The van der Waals surface area contributed by atoms with E-state index in [9.17, 15) is 45.6 Å². The second kappa shape index (κ2) is 49.1. The predicted molar refractivity (Wildman–Crippen MR) is 313 cm³/mol. The summed E-state index contributed by atoms with van der Waals surface area (Å²) in [6.07, 6.45) is 48.3. The first kappa shape index (κ1) is 71.5. The summed E-state index contributed by atoms with van der Waals surface area (Å²) in [6, 6.07) is -0.827. The first-order valence-corrected chi connectivity index (χ1v) is 31.2. The molecule has 9 N–H and O–H groups in total. The van der Waals surface area contributed by atoms with Gasteiger partial charge in [0.15, 0.2) is 12.6 Å². The van der Waals surface area contributed by atoms with Crippen LogP contribution >= 0.6 is 0 Å². The molecule has 452 valence electrons. The van der Waals surface area contributed by atoms with E-state index in [0.29, 0.717) is 12.8 Å². The highest BCUT2D eigenvalue weighted by atomic mass is 16.7. The second-order valence-electron chi connectivity index (χ2n) is 21.8. The van der Waals surface area contributed by atoms with Crippen molar-refractivity contribution in [2.75, 3.05) is 19.8 Å². The van der Waals surface area contributed by atoms with E-state index in [0.717, 1.165) is 96.3 Å². The molecule has 2 fully saturated rings. The largest absolute Gasteiger partial charge is 0.394 e. The smallest absolute Gasteiger partial charge is 0.220 e. The van der Waals surface area contributed by atoms with Gasteiger partial charge < -0.3 is 65.1 Å².